The van der Waals surface area contributed by atoms with Crippen molar-refractivity contribution in [2.75, 3.05) is 6.54 Å². The molecule has 2 N–H and O–H groups in total. The van der Waals surface area contributed by atoms with Crippen molar-refractivity contribution in [2.24, 2.45) is 0 Å². The van der Waals surface area contributed by atoms with E-state index in [4.69, 9.17) is 0 Å². The Balaban J connectivity index is 2.24. The maximum absolute atomic E-state index is 14.1. The molecule has 1 amide bonds. The fourth-order valence-corrected chi connectivity index (χ4v) is 2.61. The predicted octanol–water partition coefficient (Wildman–Crippen LogP) is 4.84. The Hall–Kier alpha value is -2.14. The van der Waals surface area contributed by atoms with Gasteiger partial charge in [0.25, 0.3) is 11.8 Å². The van der Waals surface area contributed by atoms with Crippen LogP contribution in [0.3, 0.4) is 0 Å². The molecule has 0 bridgehead atoms. The van der Waals surface area contributed by atoms with Crippen molar-refractivity contribution < 1.29 is 40.6 Å². The Bertz CT molecular complexity index is 869. The number of amides is 1. The third kappa shape index (κ3) is 4.82. The molecule has 0 spiro atoms. The first-order valence-electron chi connectivity index (χ1n) is 7.49. The predicted molar refractivity (Wildman–Crippen MR) is 87.7 cm³/mol. The molecule has 0 heterocycles. The average molecular weight is 474 g/mol. The van der Waals surface area contributed by atoms with E-state index in [2.05, 4.69) is 15.9 Å². The number of hydrogen-bond acceptors (Lipinski definition) is 2. The summed E-state index contributed by atoms with van der Waals surface area (Å²) < 4.78 is 93.6. The molecule has 152 valence electrons. The van der Waals surface area contributed by atoms with E-state index < -0.39 is 57.9 Å². The third-order valence-corrected chi connectivity index (χ3v) is 4.31. The van der Waals surface area contributed by atoms with Crippen LogP contribution in [0, 0.1) is 11.6 Å². The van der Waals surface area contributed by atoms with Crippen molar-refractivity contribution in [3.8, 4) is 0 Å². The van der Waals surface area contributed by atoms with Crippen molar-refractivity contribution in [2.45, 2.75) is 18.2 Å². The molecule has 0 aliphatic carbocycles. The van der Waals surface area contributed by atoms with E-state index in [0.717, 1.165) is 30.3 Å². The normalized spacial score (nSPS) is 13.3. The van der Waals surface area contributed by atoms with Gasteiger partial charge in [-0.15, -0.1) is 0 Å². The Labute approximate surface area is 162 Å². The summed E-state index contributed by atoms with van der Waals surface area (Å²) in [4.78, 5) is 12.0. The molecular formula is C17H11BrF7NO2. The molecule has 0 aromatic heterocycles. The highest BCUT2D eigenvalue weighted by molar-refractivity contribution is 9.10. The Morgan fingerprint density at radius 2 is 1.61 bits per heavy atom. The van der Waals surface area contributed by atoms with Crippen LogP contribution in [-0.4, -0.2) is 23.5 Å². The Kier molecular flexibility index (Phi) is 6.39. The van der Waals surface area contributed by atoms with Gasteiger partial charge in [0.2, 0.25) is 0 Å². The molecular weight excluding hydrogens is 463 g/mol. The van der Waals surface area contributed by atoms with Gasteiger partial charge >= 0.3 is 6.18 Å². The zero-order chi connectivity index (χ0) is 21.3. The van der Waals surface area contributed by atoms with Gasteiger partial charge in [0.15, 0.2) is 5.82 Å². The first kappa shape index (κ1) is 22.2. The second-order valence-electron chi connectivity index (χ2n) is 5.68. The van der Waals surface area contributed by atoms with E-state index in [-0.39, 0.29) is 5.56 Å². The lowest BCUT2D eigenvalue weighted by Gasteiger charge is -2.23. The second-order valence-corrected chi connectivity index (χ2v) is 6.53. The van der Waals surface area contributed by atoms with Gasteiger partial charge in [0.05, 0.1) is 22.1 Å². The van der Waals surface area contributed by atoms with Gasteiger partial charge in [-0.2, -0.15) is 13.2 Å². The summed E-state index contributed by atoms with van der Waals surface area (Å²) in [6.07, 6.45) is -7.59. The fourth-order valence-electron chi connectivity index (χ4n) is 2.28. The van der Waals surface area contributed by atoms with Gasteiger partial charge in [0, 0.05) is 0 Å². The van der Waals surface area contributed by atoms with Crippen molar-refractivity contribution in [1.82, 2.24) is 5.32 Å². The molecule has 0 aliphatic rings. The standard InChI is InChI=1S/C17H11BrF7NO2/c18-11-6-5-10(17(23,24)25)12(13(11)20)15(28)26-7-16(21,22)14(27)8-1-3-9(19)4-2-8/h1-6,14,27H,7H2,(H,26,28)/t14-/m0/s1. The van der Waals surface area contributed by atoms with Gasteiger partial charge in [0.1, 0.15) is 11.9 Å². The maximum Gasteiger partial charge on any atom is 0.417 e. The number of rotatable bonds is 5. The SMILES string of the molecule is O=C(NCC(F)(F)[C@@H](O)c1ccc(F)cc1)c1c(C(F)(F)F)ccc(Br)c1F. The highest BCUT2D eigenvalue weighted by atomic mass is 79.9. The van der Waals surface area contributed by atoms with E-state index in [1.54, 1.807) is 0 Å². The van der Waals surface area contributed by atoms with Crippen LogP contribution in [0.2, 0.25) is 0 Å². The second kappa shape index (κ2) is 8.08. The number of halogens is 8. The summed E-state index contributed by atoms with van der Waals surface area (Å²) in [5.41, 5.74) is -3.49. The van der Waals surface area contributed by atoms with Gasteiger partial charge in [-0.05, 0) is 45.8 Å². The summed E-state index contributed by atoms with van der Waals surface area (Å²) in [6.45, 7) is -1.59. The summed E-state index contributed by atoms with van der Waals surface area (Å²) >= 11 is 2.62. The summed E-state index contributed by atoms with van der Waals surface area (Å²) in [5, 5.41) is 11.2. The lowest BCUT2D eigenvalue weighted by molar-refractivity contribution is -0.138. The zero-order valence-corrected chi connectivity index (χ0v) is 15.2. The van der Waals surface area contributed by atoms with Crippen molar-refractivity contribution >= 4 is 21.8 Å². The molecule has 0 fully saturated rings. The zero-order valence-electron chi connectivity index (χ0n) is 13.6. The van der Waals surface area contributed by atoms with E-state index >= 15 is 0 Å². The van der Waals surface area contributed by atoms with Crippen molar-refractivity contribution in [3.63, 3.8) is 0 Å². The molecule has 2 aromatic carbocycles. The number of alkyl halides is 5. The number of carbonyl (C=O) groups is 1. The number of nitrogens with one attached hydrogen (secondary N) is 1. The molecule has 2 rings (SSSR count). The van der Waals surface area contributed by atoms with E-state index in [1.807, 2.05) is 0 Å². The third-order valence-electron chi connectivity index (χ3n) is 3.70. The van der Waals surface area contributed by atoms with Crippen LogP contribution in [0.4, 0.5) is 30.7 Å². The topological polar surface area (TPSA) is 49.3 Å². The van der Waals surface area contributed by atoms with Crippen molar-refractivity contribution in [3.05, 3.63) is 69.2 Å². The number of aliphatic hydroxyl groups excluding tert-OH is 1. The number of aliphatic hydroxyl groups is 1. The molecule has 0 aliphatic heterocycles. The van der Waals surface area contributed by atoms with Gasteiger partial charge in [-0.1, -0.05) is 12.1 Å². The number of benzene rings is 2. The maximum atomic E-state index is 14.1. The van der Waals surface area contributed by atoms with Crippen molar-refractivity contribution in [1.29, 1.82) is 0 Å². The highest BCUT2D eigenvalue weighted by Crippen LogP contribution is 2.36. The van der Waals surface area contributed by atoms with E-state index in [0.29, 0.717) is 6.07 Å². The minimum atomic E-state index is -5.11. The van der Waals surface area contributed by atoms with Crippen LogP contribution >= 0.6 is 15.9 Å². The molecule has 0 radical (unpaired) electrons. The van der Waals surface area contributed by atoms with Gasteiger partial charge < -0.3 is 10.4 Å². The Morgan fingerprint density at radius 3 is 2.14 bits per heavy atom. The van der Waals surface area contributed by atoms with E-state index in [9.17, 15) is 40.6 Å². The first-order valence-corrected chi connectivity index (χ1v) is 8.28. The van der Waals surface area contributed by atoms with Gasteiger partial charge in [-0.25, -0.2) is 17.6 Å². The van der Waals surface area contributed by atoms with Crippen LogP contribution in [0.5, 0.6) is 0 Å². The monoisotopic (exact) mass is 473 g/mol. The first-order chi connectivity index (χ1) is 12.8. The Morgan fingerprint density at radius 1 is 1.04 bits per heavy atom. The molecule has 3 nitrogen and oxygen atoms in total. The average Bonchev–Trinajstić information content (AvgIpc) is 2.61. The summed E-state index contributed by atoms with van der Waals surface area (Å²) in [7, 11) is 0. The molecule has 2 aromatic rings. The quantitative estimate of drug-likeness (QED) is 0.610. The minimum absolute atomic E-state index is 0.384. The lowest BCUT2D eigenvalue weighted by atomic mass is 10.0. The molecule has 0 unspecified atom stereocenters. The molecule has 11 heteroatoms. The minimum Gasteiger partial charge on any atom is -0.382 e. The van der Waals surface area contributed by atoms with Crippen LogP contribution in [-0.2, 0) is 6.18 Å². The smallest absolute Gasteiger partial charge is 0.382 e. The summed E-state index contributed by atoms with van der Waals surface area (Å²) in [6, 6.07) is 4.55. The number of hydrogen-bond donors (Lipinski definition) is 2. The number of carbonyl (C=O) groups excluding carboxylic acids is 1. The lowest BCUT2D eigenvalue weighted by Crippen LogP contribution is -2.41. The molecule has 28 heavy (non-hydrogen) atoms. The van der Waals surface area contributed by atoms with Crippen LogP contribution in [0.1, 0.15) is 27.6 Å². The largest absolute Gasteiger partial charge is 0.417 e. The highest BCUT2D eigenvalue weighted by Gasteiger charge is 2.42. The summed E-state index contributed by atoms with van der Waals surface area (Å²) in [5.74, 6) is -8.09. The molecule has 0 saturated carbocycles. The van der Waals surface area contributed by atoms with Crippen LogP contribution in [0.15, 0.2) is 40.9 Å². The van der Waals surface area contributed by atoms with E-state index in [1.165, 1.54) is 5.32 Å². The van der Waals surface area contributed by atoms with Crippen LogP contribution in [0.25, 0.3) is 0 Å². The molecule has 1 atom stereocenters. The fraction of sp³-hybridized carbons (Fsp3) is 0.235. The van der Waals surface area contributed by atoms with Gasteiger partial charge in [-0.3, -0.25) is 4.79 Å². The van der Waals surface area contributed by atoms with Crippen LogP contribution < -0.4 is 5.32 Å². The molecule has 0 saturated heterocycles.